The van der Waals surface area contributed by atoms with Crippen LogP contribution in [0.5, 0.6) is 0 Å². The highest BCUT2D eigenvalue weighted by Crippen LogP contribution is 2.20. The average Bonchev–Trinajstić information content (AvgIpc) is 3.18. The fourth-order valence-corrected chi connectivity index (χ4v) is 4.68. The molecule has 0 unspecified atom stereocenters. The highest BCUT2D eigenvalue weighted by molar-refractivity contribution is 7.89. The van der Waals surface area contributed by atoms with Crippen molar-refractivity contribution in [3.8, 4) is 0 Å². The van der Waals surface area contributed by atoms with Crippen molar-refractivity contribution in [1.82, 2.24) is 4.31 Å². The molecule has 1 fully saturated rings. The van der Waals surface area contributed by atoms with E-state index in [9.17, 15) is 8.42 Å². The average molecular weight is 386 g/mol. The summed E-state index contributed by atoms with van der Waals surface area (Å²) in [7, 11) is -3.48. The van der Waals surface area contributed by atoms with Crippen molar-refractivity contribution in [1.29, 1.82) is 0 Å². The summed E-state index contributed by atoms with van der Waals surface area (Å²) in [6.07, 6.45) is 0.827. The molecule has 2 aromatic carbocycles. The van der Waals surface area contributed by atoms with E-state index in [0.717, 1.165) is 12.0 Å². The molecule has 2 heterocycles. The summed E-state index contributed by atoms with van der Waals surface area (Å²) in [5.41, 5.74) is 2.02. The maximum Gasteiger partial charge on any atom is 0.243 e. The molecule has 2 aliphatic rings. The van der Waals surface area contributed by atoms with Gasteiger partial charge >= 0.3 is 0 Å². The van der Waals surface area contributed by atoms with Crippen LogP contribution in [0.25, 0.3) is 0 Å². The third kappa shape index (κ3) is 4.05. The molecule has 27 heavy (non-hydrogen) atoms. The van der Waals surface area contributed by atoms with Crippen molar-refractivity contribution >= 4 is 15.9 Å². The number of hydrogen-bond acceptors (Lipinski definition) is 5. The first-order chi connectivity index (χ1) is 13.1. The van der Waals surface area contributed by atoms with Crippen molar-refractivity contribution in [2.75, 3.05) is 32.9 Å². The fraction of sp³-hybridized carbons (Fsp3) is 0.350. The van der Waals surface area contributed by atoms with Crippen LogP contribution in [-0.2, 0) is 25.9 Å². The largest absolute Gasteiger partial charge is 0.475 e. The molecule has 0 bridgehead atoms. The van der Waals surface area contributed by atoms with Gasteiger partial charge in [-0.2, -0.15) is 4.31 Å². The van der Waals surface area contributed by atoms with E-state index >= 15 is 0 Å². The van der Waals surface area contributed by atoms with E-state index in [1.54, 1.807) is 24.3 Å². The first kappa shape index (κ1) is 18.2. The molecule has 0 radical (unpaired) electrons. The lowest BCUT2D eigenvalue weighted by Gasteiger charge is -2.26. The highest BCUT2D eigenvalue weighted by atomic mass is 32.2. The molecule has 6 nitrogen and oxygen atoms in total. The molecule has 0 saturated carbocycles. The summed E-state index contributed by atoms with van der Waals surface area (Å²) in [6, 6.07) is 17.0. The lowest BCUT2D eigenvalue weighted by Crippen LogP contribution is -2.40. The van der Waals surface area contributed by atoms with Gasteiger partial charge in [-0.3, -0.25) is 0 Å². The standard InChI is InChI=1S/C20H22N2O4S/c23-27(24,22-10-12-25-13-11-22)19-8-6-17(7-9-19)20-21-18(15-26-20)14-16-4-2-1-3-5-16/h1-9,18H,10-15H2/t18-/m0/s1. The van der Waals surface area contributed by atoms with Crippen molar-refractivity contribution in [2.24, 2.45) is 4.99 Å². The van der Waals surface area contributed by atoms with Gasteiger partial charge in [-0.25, -0.2) is 13.4 Å². The molecule has 0 aliphatic carbocycles. The van der Waals surface area contributed by atoms with Gasteiger partial charge in [-0.05, 0) is 36.2 Å². The summed E-state index contributed by atoms with van der Waals surface area (Å²) in [5, 5.41) is 0. The molecule has 4 rings (SSSR count). The Morgan fingerprint density at radius 2 is 1.70 bits per heavy atom. The molecular formula is C20H22N2O4S. The van der Waals surface area contributed by atoms with E-state index < -0.39 is 10.0 Å². The fourth-order valence-electron chi connectivity index (χ4n) is 3.27. The minimum Gasteiger partial charge on any atom is -0.475 e. The van der Waals surface area contributed by atoms with Gasteiger partial charge in [-0.15, -0.1) is 0 Å². The van der Waals surface area contributed by atoms with Crippen molar-refractivity contribution < 1.29 is 17.9 Å². The molecule has 0 aromatic heterocycles. The minimum absolute atomic E-state index is 0.0826. The van der Waals surface area contributed by atoms with Crippen molar-refractivity contribution in [3.63, 3.8) is 0 Å². The smallest absolute Gasteiger partial charge is 0.243 e. The third-order valence-corrected chi connectivity index (χ3v) is 6.65. The highest BCUT2D eigenvalue weighted by Gasteiger charge is 2.27. The van der Waals surface area contributed by atoms with E-state index in [1.165, 1.54) is 9.87 Å². The van der Waals surface area contributed by atoms with Gasteiger partial charge in [0, 0.05) is 18.7 Å². The third-order valence-electron chi connectivity index (χ3n) is 4.74. The number of morpholine rings is 1. The number of aliphatic imine (C=N–C) groups is 1. The summed E-state index contributed by atoms with van der Waals surface area (Å²) >= 11 is 0. The summed E-state index contributed by atoms with van der Waals surface area (Å²) in [6.45, 7) is 2.19. The van der Waals surface area contributed by atoms with Gasteiger partial charge in [0.2, 0.25) is 15.9 Å². The molecule has 142 valence electrons. The van der Waals surface area contributed by atoms with Crippen molar-refractivity contribution in [3.05, 3.63) is 65.7 Å². The second-order valence-electron chi connectivity index (χ2n) is 6.63. The van der Waals surface area contributed by atoms with Gasteiger partial charge in [0.05, 0.1) is 24.2 Å². The number of rotatable bonds is 5. The van der Waals surface area contributed by atoms with Crippen LogP contribution in [0.3, 0.4) is 0 Å². The summed E-state index contributed by atoms with van der Waals surface area (Å²) in [5.74, 6) is 0.575. The number of sulfonamides is 1. The van der Waals surface area contributed by atoms with E-state index in [-0.39, 0.29) is 10.9 Å². The quantitative estimate of drug-likeness (QED) is 0.789. The lowest BCUT2D eigenvalue weighted by molar-refractivity contribution is 0.0730. The SMILES string of the molecule is O=S(=O)(c1ccc(C2=N[C@@H](Cc3ccccc3)CO2)cc1)N1CCOCC1. The predicted molar refractivity (Wildman–Crippen MR) is 102 cm³/mol. The Labute approximate surface area is 159 Å². The normalized spacial score (nSPS) is 20.9. The van der Waals surface area contributed by atoms with Crippen LogP contribution in [0.1, 0.15) is 11.1 Å². The summed E-state index contributed by atoms with van der Waals surface area (Å²) < 4.78 is 37.8. The van der Waals surface area contributed by atoms with Gasteiger partial charge in [0.25, 0.3) is 0 Å². The van der Waals surface area contributed by atoms with Crippen LogP contribution in [0.2, 0.25) is 0 Å². The first-order valence-electron chi connectivity index (χ1n) is 9.06. The molecule has 0 spiro atoms. The monoisotopic (exact) mass is 386 g/mol. The maximum absolute atomic E-state index is 12.7. The molecule has 7 heteroatoms. The van der Waals surface area contributed by atoms with E-state index in [0.29, 0.717) is 38.8 Å². The molecule has 0 amide bonds. The molecule has 0 N–H and O–H groups in total. The Kier molecular flexibility index (Phi) is 5.24. The van der Waals surface area contributed by atoms with Crippen LogP contribution in [0, 0.1) is 0 Å². The molecule has 1 atom stereocenters. The van der Waals surface area contributed by atoms with Gasteiger partial charge in [0.1, 0.15) is 6.61 Å². The van der Waals surface area contributed by atoms with E-state index in [1.807, 2.05) is 18.2 Å². The maximum atomic E-state index is 12.7. The molecular weight excluding hydrogens is 364 g/mol. The number of benzene rings is 2. The van der Waals surface area contributed by atoms with Crippen LogP contribution in [0.4, 0.5) is 0 Å². The first-order valence-corrected chi connectivity index (χ1v) is 10.5. The van der Waals surface area contributed by atoms with Crippen molar-refractivity contribution in [2.45, 2.75) is 17.4 Å². The second-order valence-corrected chi connectivity index (χ2v) is 8.57. The zero-order valence-corrected chi connectivity index (χ0v) is 15.8. The number of hydrogen-bond donors (Lipinski definition) is 0. The van der Waals surface area contributed by atoms with E-state index in [4.69, 9.17) is 9.47 Å². The second kappa shape index (κ2) is 7.80. The van der Waals surface area contributed by atoms with Gasteiger partial charge in [0.15, 0.2) is 0 Å². The Bertz CT molecular complexity index is 905. The molecule has 2 aliphatic heterocycles. The predicted octanol–water partition coefficient (Wildman–Crippen LogP) is 2.10. The number of ether oxygens (including phenoxy) is 2. The Hall–Kier alpha value is -2.22. The Morgan fingerprint density at radius 3 is 2.41 bits per heavy atom. The Morgan fingerprint density at radius 1 is 1.00 bits per heavy atom. The zero-order valence-electron chi connectivity index (χ0n) is 15.0. The lowest BCUT2D eigenvalue weighted by atomic mass is 10.1. The van der Waals surface area contributed by atoms with E-state index in [2.05, 4.69) is 17.1 Å². The number of nitrogens with zero attached hydrogens (tertiary/aromatic N) is 2. The summed E-state index contributed by atoms with van der Waals surface area (Å²) in [4.78, 5) is 4.94. The van der Waals surface area contributed by atoms with Crippen LogP contribution in [-0.4, -0.2) is 57.6 Å². The zero-order chi connectivity index (χ0) is 18.7. The Balaban J connectivity index is 1.47. The molecule has 2 aromatic rings. The van der Waals surface area contributed by atoms with Crippen LogP contribution in [0.15, 0.2) is 64.5 Å². The molecule has 1 saturated heterocycles. The van der Waals surface area contributed by atoms with Gasteiger partial charge in [-0.1, -0.05) is 30.3 Å². The van der Waals surface area contributed by atoms with Crippen LogP contribution >= 0.6 is 0 Å². The topological polar surface area (TPSA) is 68.2 Å². The minimum atomic E-state index is -3.48. The van der Waals surface area contributed by atoms with Gasteiger partial charge < -0.3 is 9.47 Å². The van der Waals surface area contributed by atoms with Crippen LogP contribution < -0.4 is 0 Å².